The van der Waals surface area contributed by atoms with Crippen molar-refractivity contribution in [2.24, 2.45) is 0 Å². The number of hydrogen-bond donors (Lipinski definition) is 3. The van der Waals surface area contributed by atoms with Gasteiger partial charge in [-0.25, -0.2) is 0 Å². The smallest absolute Gasteiger partial charge is 0.240 e. The number of rotatable bonds is 5. The molecule has 1 heterocycles. The van der Waals surface area contributed by atoms with E-state index < -0.39 is 11.6 Å². The average Bonchev–Trinajstić information content (AvgIpc) is 2.48. The maximum absolute atomic E-state index is 12.2. The molecule has 1 aromatic carbocycles. The van der Waals surface area contributed by atoms with Crippen molar-refractivity contribution in [1.29, 1.82) is 0 Å². The maximum atomic E-state index is 12.2. The summed E-state index contributed by atoms with van der Waals surface area (Å²) in [5, 5.41) is 16.3. The number of halogens is 1. The number of aliphatic hydroxyl groups excluding tert-OH is 1. The van der Waals surface area contributed by atoms with Gasteiger partial charge in [-0.1, -0.05) is 30.3 Å². The standard InChI is InChI=1S/C16H24N2O2.ClH/c1-16(10-5-6-11-18-16)15(20)17-12-9-14(19)13-7-3-2-4-8-13;/h2-4,7-8,14,18-19H,5-6,9-12H2,1H3,(H,17,20);1H. The van der Waals surface area contributed by atoms with Crippen molar-refractivity contribution in [3.63, 3.8) is 0 Å². The summed E-state index contributed by atoms with van der Waals surface area (Å²) < 4.78 is 0. The first kappa shape index (κ1) is 18.0. The molecule has 0 aromatic heterocycles. The van der Waals surface area contributed by atoms with Crippen LogP contribution in [0.2, 0.25) is 0 Å². The molecule has 2 unspecified atom stereocenters. The van der Waals surface area contributed by atoms with Crippen molar-refractivity contribution in [2.75, 3.05) is 13.1 Å². The number of aliphatic hydroxyl groups is 1. The van der Waals surface area contributed by atoms with Crippen LogP contribution in [0, 0.1) is 0 Å². The molecule has 0 radical (unpaired) electrons. The summed E-state index contributed by atoms with van der Waals surface area (Å²) in [5.41, 5.74) is 0.444. The minimum absolute atomic E-state index is 0. The Morgan fingerprint density at radius 2 is 2.10 bits per heavy atom. The Morgan fingerprint density at radius 3 is 2.71 bits per heavy atom. The fourth-order valence-electron chi connectivity index (χ4n) is 2.61. The Balaban J connectivity index is 0.00000220. The fraction of sp³-hybridized carbons (Fsp3) is 0.562. The zero-order valence-electron chi connectivity index (χ0n) is 12.5. The summed E-state index contributed by atoms with van der Waals surface area (Å²) in [7, 11) is 0. The summed E-state index contributed by atoms with van der Waals surface area (Å²) in [6.07, 6.45) is 3.11. The summed E-state index contributed by atoms with van der Waals surface area (Å²) >= 11 is 0. The summed E-state index contributed by atoms with van der Waals surface area (Å²) in [4.78, 5) is 12.2. The van der Waals surface area contributed by atoms with E-state index in [0.29, 0.717) is 13.0 Å². The van der Waals surface area contributed by atoms with Crippen molar-refractivity contribution >= 4 is 18.3 Å². The summed E-state index contributed by atoms with van der Waals surface area (Å²) in [5.74, 6) is 0.0393. The molecule has 0 saturated carbocycles. The number of benzene rings is 1. The molecule has 1 aromatic rings. The van der Waals surface area contributed by atoms with E-state index in [1.54, 1.807) is 0 Å². The average molecular weight is 313 g/mol. The molecule has 3 N–H and O–H groups in total. The van der Waals surface area contributed by atoms with E-state index in [1.807, 2.05) is 37.3 Å². The van der Waals surface area contributed by atoms with E-state index in [9.17, 15) is 9.90 Å². The Morgan fingerprint density at radius 1 is 1.38 bits per heavy atom. The number of carbonyl (C=O) groups excluding carboxylic acids is 1. The van der Waals surface area contributed by atoms with Gasteiger partial charge in [0.1, 0.15) is 0 Å². The molecule has 4 nitrogen and oxygen atoms in total. The zero-order valence-corrected chi connectivity index (χ0v) is 13.3. The number of carbonyl (C=O) groups is 1. The van der Waals surface area contributed by atoms with Crippen LogP contribution >= 0.6 is 12.4 Å². The quantitative estimate of drug-likeness (QED) is 0.781. The van der Waals surface area contributed by atoms with Crippen LogP contribution in [0.1, 0.15) is 44.3 Å². The van der Waals surface area contributed by atoms with Crippen LogP contribution < -0.4 is 10.6 Å². The van der Waals surface area contributed by atoms with Gasteiger partial charge in [-0.15, -0.1) is 12.4 Å². The molecule has 1 aliphatic rings. The van der Waals surface area contributed by atoms with Gasteiger partial charge in [-0.05, 0) is 44.7 Å². The van der Waals surface area contributed by atoms with E-state index in [-0.39, 0.29) is 18.3 Å². The van der Waals surface area contributed by atoms with Gasteiger partial charge in [0, 0.05) is 6.54 Å². The normalized spacial score (nSPS) is 23.0. The second-order valence-electron chi connectivity index (χ2n) is 5.69. The van der Waals surface area contributed by atoms with Crippen molar-refractivity contribution in [1.82, 2.24) is 10.6 Å². The predicted molar refractivity (Wildman–Crippen MR) is 86.5 cm³/mol. The van der Waals surface area contributed by atoms with E-state index in [0.717, 1.165) is 31.4 Å². The van der Waals surface area contributed by atoms with E-state index >= 15 is 0 Å². The van der Waals surface area contributed by atoms with Crippen molar-refractivity contribution < 1.29 is 9.90 Å². The van der Waals surface area contributed by atoms with Gasteiger partial charge in [0.25, 0.3) is 0 Å². The fourth-order valence-corrected chi connectivity index (χ4v) is 2.61. The monoisotopic (exact) mass is 312 g/mol. The van der Waals surface area contributed by atoms with Gasteiger partial charge < -0.3 is 15.7 Å². The Labute approximate surface area is 132 Å². The van der Waals surface area contributed by atoms with Crippen LogP contribution in [0.5, 0.6) is 0 Å². The number of piperidine rings is 1. The SMILES string of the molecule is CC1(C(=O)NCCC(O)c2ccccc2)CCCCN1.Cl. The third-order valence-corrected chi connectivity index (χ3v) is 4.01. The van der Waals surface area contributed by atoms with Gasteiger partial charge in [0.15, 0.2) is 0 Å². The number of nitrogens with one attached hydrogen (secondary N) is 2. The molecule has 0 spiro atoms. The molecule has 5 heteroatoms. The molecule has 1 fully saturated rings. The van der Waals surface area contributed by atoms with E-state index in [2.05, 4.69) is 10.6 Å². The number of hydrogen-bond acceptors (Lipinski definition) is 3. The van der Waals surface area contributed by atoms with Gasteiger partial charge in [0.2, 0.25) is 5.91 Å². The molecule has 21 heavy (non-hydrogen) atoms. The molecule has 1 aliphatic heterocycles. The molecule has 118 valence electrons. The highest BCUT2D eigenvalue weighted by molar-refractivity contribution is 5.86. The molecule has 1 saturated heterocycles. The van der Waals surface area contributed by atoms with Gasteiger partial charge in [0.05, 0.1) is 11.6 Å². The van der Waals surface area contributed by atoms with E-state index in [4.69, 9.17) is 0 Å². The molecule has 2 atom stereocenters. The minimum Gasteiger partial charge on any atom is -0.388 e. The van der Waals surface area contributed by atoms with Crippen LogP contribution in [0.15, 0.2) is 30.3 Å². The number of amides is 1. The lowest BCUT2D eigenvalue weighted by molar-refractivity contribution is -0.128. The van der Waals surface area contributed by atoms with Crippen molar-refractivity contribution in [3.05, 3.63) is 35.9 Å². The topological polar surface area (TPSA) is 61.4 Å². The largest absolute Gasteiger partial charge is 0.388 e. The Hall–Kier alpha value is -1.10. The molecule has 1 amide bonds. The highest BCUT2D eigenvalue weighted by Crippen LogP contribution is 2.19. The first-order chi connectivity index (χ1) is 9.62. The lowest BCUT2D eigenvalue weighted by atomic mass is 9.90. The minimum atomic E-state index is -0.524. The Bertz CT molecular complexity index is 433. The Kier molecular flexibility index (Phi) is 7.15. The summed E-state index contributed by atoms with van der Waals surface area (Å²) in [6, 6.07) is 9.54. The zero-order chi connectivity index (χ0) is 14.4. The molecule has 0 bridgehead atoms. The van der Waals surface area contributed by atoms with Crippen LogP contribution in [0.4, 0.5) is 0 Å². The molecular formula is C16H25ClN2O2. The van der Waals surface area contributed by atoms with Crippen LogP contribution in [-0.2, 0) is 4.79 Å². The van der Waals surface area contributed by atoms with Gasteiger partial charge in [-0.2, -0.15) is 0 Å². The lowest BCUT2D eigenvalue weighted by Gasteiger charge is -2.33. The van der Waals surface area contributed by atoms with Crippen LogP contribution in [0.25, 0.3) is 0 Å². The first-order valence-electron chi connectivity index (χ1n) is 7.38. The lowest BCUT2D eigenvalue weighted by Crippen LogP contribution is -2.57. The van der Waals surface area contributed by atoms with Crippen molar-refractivity contribution in [3.8, 4) is 0 Å². The van der Waals surface area contributed by atoms with Crippen LogP contribution in [-0.4, -0.2) is 29.6 Å². The van der Waals surface area contributed by atoms with Gasteiger partial charge in [-0.3, -0.25) is 4.79 Å². The van der Waals surface area contributed by atoms with E-state index in [1.165, 1.54) is 0 Å². The molecule has 2 rings (SSSR count). The second-order valence-corrected chi connectivity index (χ2v) is 5.69. The first-order valence-corrected chi connectivity index (χ1v) is 7.38. The third-order valence-electron chi connectivity index (χ3n) is 4.01. The van der Waals surface area contributed by atoms with Crippen LogP contribution in [0.3, 0.4) is 0 Å². The van der Waals surface area contributed by atoms with Crippen molar-refractivity contribution in [2.45, 2.75) is 44.2 Å². The molecule has 0 aliphatic carbocycles. The third kappa shape index (κ3) is 4.99. The second kappa shape index (κ2) is 8.37. The maximum Gasteiger partial charge on any atom is 0.240 e. The van der Waals surface area contributed by atoms with Gasteiger partial charge >= 0.3 is 0 Å². The highest BCUT2D eigenvalue weighted by Gasteiger charge is 2.33. The predicted octanol–water partition coefficient (Wildman–Crippen LogP) is 2.18. The summed E-state index contributed by atoms with van der Waals surface area (Å²) in [6.45, 7) is 3.35. The highest BCUT2D eigenvalue weighted by atomic mass is 35.5. The molecular weight excluding hydrogens is 288 g/mol.